The lowest BCUT2D eigenvalue weighted by Gasteiger charge is -2.23. The Morgan fingerprint density at radius 3 is 2.20 bits per heavy atom. The van der Waals surface area contributed by atoms with Crippen molar-refractivity contribution >= 4 is 5.97 Å². The molecule has 3 N–H and O–H groups in total. The van der Waals surface area contributed by atoms with Gasteiger partial charge in [-0.25, -0.2) is 0 Å². The third-order valence-corrected chi connectivity index (χ3v) is 2.38. The van der Waals surface area contributed by atoms with Crippen LogP contribution in [0.5, 0.6) is 0 Å². The fourth-order valence-electron chi connectivity index (χ4n) is 1.62. The van der Waals surface area contributed by atoms with Crippen LogP contribution < -0.4 is 10.6 Å². The molecule has 0 fully saturated rings. The lowest BCUT2D eigenvalue weighted by Crippen LogP contribution is -2.44. The van der Waals surface area contributed by atoms with Crippen LogP contribution in [-0.2, 0) is 4.79 Å². The van der Waals surface area contributed by atoms with E-state index in [1.54, 1.807) is 14.1 Å². The van der Waals surface area contributed by atoms with Gasteiger partial charge in [0, 0.05) is 0 Å². The topological polar surface area (TPSA) is 61.4 Å². The van der Waals surface area contributed by atoms with Gasteiger partial charge in [-0.05, 0) is 19.7 Å². The molecule has 0 aliphatic rings. The van der Waals surface area contributed by atoms with Crippen LogP contribution in [0.1, 0.15) is 11.6 Å². The van der Waals surface area contributed by atoms with Crippen molar-refractivity contribution in [3.8, 4) is 0 Å². The second-order valence-corrected chi connectivity index (χ2v) is 3.28. The summed E-state index contributed by atoms with van der Waals surface area (Å²) in [5, 5.41) is 14.8. The number of carbonyl (C=O) groups is 1. The summed E-state index contributed by atoms with van der Waals surface area (Å²) in [7, 11) is 3.40. The predicted octanol–water partition coefficient (Wildman–Crippen LogP) is 0.620. The largest absolute Gasteiger partial charge is 0.480 e. The molecule has 0 radical (unpaired) electrons. The second kappa shape index (κ2) is 5.48. The molecule has 15 heavy (non-hydrogen) atoms. The van der Waals surface area contributed by atoms with Gasteiger partial charge in [-0.15, -0.1) is 0 Å². The van der Waals surface area contributed by atoms with Crippen LogP contribution in [0, 0.1) is 0 Å². The molecule has 82 valence electrons. The maximum absolute atomic E-state index is 11.0. The van der Waals surface area contributed by atoms with Crippen molar-refractivity contribution in [2.24, 2.45) is 0 Å². The third-order valence-electron chi connectivity index (χ3n) is 2.38. The van der Waals surface area contributed by atoms with E-state index in [2.05, 4.69) is 10.6 Å². The number of hydrogen-bond donors (Lipinski definition) is 3. The Bertz CT molecular complexity index is 314. The van der Waals surface area contributed by atoms with Crippen LogP contribution >= 0.6 is 0 Å². The smallest absolute Gasteiger partial charge is 0.322 e. The Morgan fingerprint density at radius 1 is 1.20 bits per heavy atom. The van der Waals surface area contributed by atoms with Gasteiger partial charge in [0.2, 0.25) is 0 Å². The quantitative estimate of drug-likeness (QED) is 0.664. The van der Waals surface area contributed by atoms with Gasteiger partial charge in [0.25, 0.3) is 0 Å². The Morgan fingerprint density at radius 2 is 1.80 bits per heavy atom. The number of rotatable bonds is 5. The molecule has 1 aromatic rings. The predicted molar refractivity (Wildman–Crippen MR) is 58.7 cm³/mol. The molecule has 0 aliphatic carbocycles. The van der Waals surface area contributed by atoms with E-state index in [4.69, 9.17) is 5.11 Å². The van der Waals surface area contributed by atoms with Gasteiger partial charge in [0.1, 0.15) is 6.04 Å². The zero-order valence-corrected chi connectivity index (χ0v) is 8.90. The third kappa shape index (κ3) is 2.78. The van der Waals surface area contributed by atoms with Gasteiger partial charge >= 0.3 is 5.97 Å². The maximum Gasteiger partial charge on any atom is 0.322 e. The fraction of sp³-hybridized carbons (Fsp3) is 0.364. The first kappa shape index (κ1) is 11.7. The Labute approximate surface area is 89.3 Å². The maximum atomic E-state index is 11.0. The number of nitrogens with one attached hydrogen (secondary N) is 2. The summed E-state index contributed by atoms with van der Waals surface area (Å²) >= 11 is 0. The minimum absolute atomic E-state index is 0.228. The zero-order chi connectivity index (χ0) is 11.3. The van der Waals surface area contributed by atoms with Gasteiger partial charge in [-0.2, -0.15) is 0 Å². The van der Waals surface area contributed by atoms with E-state index in [0.717, 1.165) is 5.56 Å². The highest BCUT2D eigenvalue weighted by Gasteiger charge is 2.26. The van der Waals surface area contributed by atoms with Gasteiger partial charge in [-0.3, -0.25) is 4.79 Å². The van der Waals surface area contributed by atoms with Gasteiger partial charge in [-0.1, -0.05) is 30.3 Å². The molecule has 0 bridgehead atoms. The van der Waals surface area contributed by atoms with Crippen molar-refractivity contribution in [2.45, 2.75) is 12.1 Å². The average molecular weight is 208 g/mol. The highest BCUT2D eigenvalue weighted by molar-refractivity contribution is 5.74. The van der Waals surface area contributed by atoms with E-state index in [-0.39, 0.29) is 6.04 Å². The lowest BCUT2D eigenvalue weighted by molar-refractivity contribution is -0.140. The average Bonchev–Trinajstić information content (AvgIpc) is 2.26. The molecule has 1 aromatic carbocycles. The standard InChI is InChI=1S/C11H16N2O2/c1-12-9(10(13-2)11(14)15)8-6-4-3-5-7-8/h3-7,9-10,12-13H,1-2H3,(H,14,15). The number of carboxylic acid groups (broad SMARTS) is 1. The van der Waals surface area contributed by atoms with Crippen LogP contribution in [0.4, 0.5) is 0 Å². The molecule has 4 nitrogen and oxygen atoms in total. The number of hydrogen-bond acceptors (Lipinski definition) is 3. The summed E-state index contributed by atoms with van der Waals surface area (Å²) in [6, 6.07) is 8.67. The molecule has 0 aromatic heterocycles. The first-order chi connectivity index (χ1) is 7.20. The molecule has 4 heteroatoms. The van der Waals surface area contributed by atoms with Crippen LogP contribution in [0.15, 0.2) is 30.3 Å². The van der Waals surface area contributed by atoms with E-state index in [0.29, 0.717) is 0 Å². The van der Waals surface area contributed by atoms with E-state index >= 15 is 0 Å². The first-order valence-electron chi connectivity index (χ1n) is 4.83. The molecular formula is C11H16N2O2. The normalized spacial score (nSPS) is 14.5. The second-order valence-electron chi connectivity index (χ2n) is 3.28. The number of benzene rings is 1. The monoisotopic (exact) mass is 208 g/mol. The van der Waals surface area contributed by atoms with E-state index in [1.807, 2.05) is 30.3 Å². The molecule has 0 amide bonds. The summed E-state index contributed by atoms with van der Waals surface area (Å²) in [6.45, 7) is 0. The van der Waals surface area contributed by atoms with Gasteiger partial charge in [0.05, 0.1) is 6.04 Å². The number of carboxylic acids is 1. The Balaban J connectivity index is 2.92. The number of likely N-dealkylation sites (N-methyl/N-ethyl adjacent to an activating group) is 2. The van der Waals surface area contributed by atoms with Crippen molar-refractivity contribution in [3.05, 3.63) is 35.9 Å². The summed E-state index contributed by atoms with van der Waals surface area (Å²) in [5.41, 5.74) is 0.960. The fourth-order valence-corrected chi connectivity index (χ4v) is 1.62. The summed E-state index contributed by atoms with van der Waals surface area (Å²) in [5.74, 6) is -0.860. The highest BCUT2D eigenvalue weighted by atomic mass is 16.4. The van der Waals surface area contributed by atoms with Crippen molar-refractivity contribution in [1.82, 2.24) is 10.6 Å². The molecule has 0 saturated heterocycles. The van der Waals surface area contributed by atoms with E-state index < -0.39 is 12.0 Å². The minimum atomic E-state index is -0.860. The molecular weight excluding hydrogens is 192 g/mol. The van der Waals surface area contributed by atoms with Crippen molar-refractivity contribution in [3.63, 3.8) is 0 Å². The first-order valence-corrected chi connectivity index (χ1v) is 4.83. The molecule has 2 unspecified atom stereocenters. The Kier molecular flexibility index (Phi) is 4.27. The van der Waals surface area contributed by atoms with Crippen molar-refractivity contribution in [1.29, 1.82) is 0 Å². The highest BCUT2D eigenvalue weighted by Crippen LogP contribution is 2.16. The molecule has 0 saturated carbocycles. The lowest BCUT2D eigenvalue weighted by atomic mass is 10.00. The van der Waals surface area contributed by atoms with Crippen LogP contribution in [0.25, 0.3) is 0 Å². The zero-order valence-electron chi connectivity index (χ0n) is 8.90. The van der Waals surface area contributed by atoms with Crippen molar-refractivity contribution in [2.75, 3.05) is 14.1 Å². The van der Waals surface area contributed by atoms with Gasteiger partial charge < -0.3 is 15.7 Å². The Hall–Kier alpha value is -1.39. The molecule has 0 spiro atoms. The summed E-state index contributed by atoms with van der Waals surface area (Å²) in [4.78, 5) is 11.0. The molecule has 0 aliphatic heterocycles. The molecule has 1 rings (SSSR count). The summed E-state index contributed by atoms with van der Waals surface area (Å²) in [6.07, 6.45) is 0. The van der Waals surface area contributed by atoms with Crippen molar-refractivity contribution < 1.29 is 9.90 Å². The van der Waals surface area contributed by atoms with Crippen LogP contribution in [0.3, 0.4) is 0 Å². The molecule has 0 heterocycles. The van der Waals surface area contributed by atoms with Crippen LogP contribution in [-0.4, -0.2) is 31.2 Å². The minimum Gasteiger partial charge on any atom is -0.480 e. The van der Waals surface area contributed by atoms with Crippen LogP contribution in [0.2, 0.25) is 0 Å². The SMILES string of the molecule is CNC(C(=O)O)C(NC)c1ccccc1. The van der Waals surface area contributed by atoms with E-state index in [9.17, 15) is 4.79 Å². The van der Waals surface area contributed by atoms with E-state index in [1.165, 1.54) is 0 Å². The summed E-state index contributed by atoms with van der Waals surface area (Å²) < 4.78 is 0. The molecule has 2 atom stereocenters. The number of aliphatic carboxylic acids is 1. The van der Waals surface area contributed by atoms with Gasteiger partial charge in [0.15, 0.2) is 0 Å².